The number of ether oxygens (including phenoxy) is 1. The molecule has 2 aromatic carbocycles. The molecule has 2 heterocycles. The van der Waals surface area contributed by atoms with Crippen molar-refractivity contribution in [1.29, 1.82) is 0 Å². The number of para-hydroxylation sites is 2. The first-order valence-corrected chi connectivity index (χ1v) is 9.57. The molecule has 0 spiro atoms. The summed E-state index contributed by atoms with van der Waals surface area (Å²) in [5.41, 5.74) is 3.27. The van der Waals surface area contributed by atoms with Gasteiger partial charge in [0.25, 0.3) is 0 Å². The fourth-order valence-electron chi connectivity index (χ4n) is 4.66. The third-order valence-corrected chi connectivity index (χ3v) is 5.97. The smallest absolute Gasteiger partial charge is 0.226 e. The van der Waals surface area contributed by atoms with Crippen LogP contribution in [0.25, 0.3) is 0 Å². The van der Waals surface area contributed by atoms with Crippen molar-refractivity contribution < 1.29 is 14.6 Å². The number of aliphatic hydroxyl groups is 1. The quantitative estimate of drug-likeness (QED) is 0.884. The molecule has 0 bridgehead atoms. The molecule has 2 aliphatic heterocycles. The summed E-state index contributed by atoms with van der Waals surface area (Å²) in [7, 11) is 1.68. The molecule has 0 saturated carbocycles. The highest BCUT2D eigenvalue weighted by Crippen LogP contribution is 2.49. The number of amides is 1. The second-order valence-electron chi connectivity index (χ2n) is 7.24. The number of rotatable bonds is 5. The van der Waals surface area contributed by atoms with Crippen molar-refractivity contribution in [1.82, 2.24) is 4.90 Å². The van der Waals surface area contributed by atoms with E-state index in [0.29, 0.717) is 19.5 Å². The Hall–Kier alpha value is -2.37. The average molecular weight is 366 g/mol. The van der Waals surface area contributed by atoms with Crippen LogP contribution in [0.5, 0.6) is 5.75 Å². The Kier molecular flexibility index (Phi) is 4.89. The molecule has 5 nitrogen and oxygen atoms in total. The first-order valence-electron chi connectivity index (χ1n) is 9.57. The standard InChI is InChI=1S/C22H26N2O3/c1-3-21(26)24-13-18-22(16-9-5-6-10-17(16)24)19(14-25)23(18)12-15-8-4-7-11-20(15)27-2/h4-11,18-19,22,25H,3,12-14H2,1-2H3/t18-,19+,22+/m1/s1. The second kappa shape index (κ2) is 7.33. The van der Waals surface area contributed by atoms with E-state index in [-0.39, 0.29) is 30.5 Å². The molecule has 2 aromatic rings. The predicted molar refractivity (Wildman–Crippen MR) is 105 cm³/mol. The minimum absolute atomic E-state index is 0.0555. The Balaban J connectivity index is 1.67. The largest absolute Gasteiger partial charge is 0.496 e. The molecule has 0 aromatic heterocycles. The van der Waals surface area contributed by atoms with E-state index < -0.39 is 0 Å². The Bertz CT molecular complexity index is 838. The molecule has 0 unspecified atom stereocenters. The zero-order chi connectivity index (χ0) is 19.0. The van der Waals surface area contributed by atoms with Gasteiger partial charge in [0.15, 0.2) is 0 Å². The highest BCUT2D eigenvalue weighted by molar-refractivity contribution is 5.95. The third-order valence-electron chi connectivity index (χ3n) is 5.97. The van der Waals surface area contributed by atoms with Crippen LogP contribution in [0.2, 0.25) is 0 Å². The first-order chi connectivity index (χ1) is 13.2. The summed E-state index contributed by atoms with van der Waals surface area (Å²) in [5, 5.41) is 10.1. The van der Waals surface area contributed by atoms with Crippen LogP contribution >= 0.6 is 0 Å². The molecule has 3 atom stereocenters. The molecule has 1 saturated heterocycles. The number of carbonyl (C=O) groups excluding carboxylic acids is 1. The van der Waals surface area contributed by atoms with Crippen LogP contribution in [0, 0.1) is 0 Å². The SMILES string of the molecule is CCC(=O)N1C[C@@H]2[C@H](c3ccccc31)[C@H](CO)N2Cc1ccccc1OC. The molecule has 0 aliphatic carbocycles. The van der Waals surface area contributed by atoms with Gasteiger partial charge in [-0.3, -0.25) is 9.69 Å². The van der Waals surface area contributed by atoms with Crippen LogP contribution in [0.3, 0.4) is 0 Å². The highest BCUT2D eigenvalue weighted by Gasteiger charge is 2.53. The maximum atomic E-state index is 12.6. The van der Waals surface area contributed by atoms with Gasteiger partial charge >= 0.3 is 0 Å². The van der Waals surface area contributed by atoms with Gasteiger partial charge < -0.3 is 14.7 Å². The summed E-state index contributed by atoms with van der Waals surface area (Å²) in [6.45, 7) is 3.38. The number of hydrogen-bond acceptors (Lipinski definition) is 4. The van der Waals surface area contributed by atoms with Gasteiger partial charge in [0.2, 0.25) is 5.91 Å². The summed E-state index contributed by atoms with van der Waals surface area (Å²) in [4.78, 5) is 16.8. The topological polar surface area (TPSA) is 53.0 Å². The van der Waals surface area contributed by atoms with E-state index in [1.54, 1.807) is 7.11 Å². The van der Waals surface area contributed by atoms with E-state index in [4.69, 9.17) is 4.74 Å². The fourth-order valence-corrected chi connectivity index (χ4v) is 4.66. The van der Waals surface area contributed by atoms with Crippen LogP contribution in [-0.4, -0.2) is 48.3 Å². The number of fused-ring (bicyclic) bond motifs is 3. The molecule has 142 valence electrons. The number of nitrogens with zero attached hydrogens (tertiary/aromatic N) is 2. The lowest BCUT2D eigenvalue weighted by Crippen LogP contribution is -2.68. The van der Waals surface area contributed by atoms with Gasteiger partial charge in [-0.15, -0.1) is 0 Å². The Labute approximate surface area is 160 Å². The molecule has 4 rings (SSSR count). The normalized spacial score (nSPS) is 24.0. The molecular weight excluding hydrogens is 340 g/mol. The number of hydrogen-bond donors (Lipinski definition) is 1. The molecule has 0 radical (unpaired) electrons. The minimum Gasteiger partial charge on any atom is -0.496 e. The summed E-state index contributed by atoms with van der Waals surface area (Å²) in [6, 6.07) is 16.4. The Morgan fingerprint density at radius 3 is 2.67 bits per heavy atom. The first kappa shape index (κ1) is 18.0. The summed E-state index contributed by atoms with van der Waals surface area (Å²) in [6.07, 6.45) is 0.488. The maximum Gasteiger partial charge on any atom is 0.226 e. The lowest BCUT2D eigenvalue weighted by Gasteiger charge is -2.59. The summed E-state index contributed by atoms with van der Waals surface area (Å²) >= 11 is 0. The monoisotopic (exact) mass is 366 g/mol. The fraction of sp³-hybridized carbons (Fsp3) is 0.409. The van der Waals surface area contributed by atoms with E-state index in [1.807, 2.05) is 48.2 Å². The van der Waals surface area contributed by atoms with Crippen molar-refractivity contribution in [3.63, 3.8) is 0 Å². The van der Waals surface area contributed by atoms with Crippen molar-refractivity contribution in [2.45, 2.75) is 37.9 Å². The number of methoxy groups -OCH3 is 1. The average Bonchev–Trinajstić information content (AvgIpc) is 2.71. The highest BCUT2D eigenvalue weighted by atomic mass is 16.5. The third kappa shape index (κ3) is 2.91. The van der Waals surface area contributed by atoms with Crippen molar-refractivity contribution >= 4 is 11.6 Å². The van der Waals surface area contributed by atoms with E-state index in [1.165, 1.54) is 5.56 Å². The van der Waals surface area contributed by atoms with Crippen molar-refractivity contribution in [2.75, 3.05) is 25.2 Å². The molecule has 27 heavy (non-hydrogen) atoms. The Morgan fingerprint density at radius 1 is 1.19 bits per heavy atom. The number of carbonyl (C=O) groups is 1. The minimum atomic E-state index is 0.0555. The number of likely N-dealkylation sites (tertiary alicyclic amines) is 1. The summed E-state index contributed by atoms with van der Waals surface area (Å²) < 4.78 is 5.50. The second-order valence-corrected chi connectivity index (χ2v) is 7.24. The van der Waals surface area contributed by atoms with Gasteiger partial charge in [-0.05, 0) is 17.7 Å². The van der Waals surface area contributed by atoms with Gasteiger partial charge in [0.05, 0.1) is 13.7 Å². The van der Waals surface area contributed by atoms with Crippen LogP contribution < -0.4 is 9.64 Å². The van der Waals surface area contributed by atoms with Gasteiger partial charge in [-0.2, -0.15) is 0 Å². The van der Waals surface area contributed by atoms with Gasteiger partial charge in [-0.1, -0.05) is 43.3 Å². The molecule has 1 fully saturated rings. The number of benzene rings is 2. The number of anilines is 1. The molecular formula is C22H26N2O3. The number of aliphatic hydroxyl groups excluding tert-OH is 1. The molecule has 5 heteroatoms. The van der Waals surface area contributed by atoms with Crippen LogP contribution in [0.15, 0.2) is 48.5 Å². The van der Waals surface area contributed by atoms with Crippen molar-refractivity contribution in [3.05, 3.63) is 59.7 Å². The summed E-state index contributed by atoms with van der Waals surface area (Å²) in [5.74, 6) is 1.25. The maximum absolute atomic E-state index is 12.6. The Morgan fingerprint density at radius 2 is 1.93 bits per heavy atom. The zero-order valence-corrected chi connectivity index (χ0v) is 15.8. The van der Waals surface area contributed by atoms with Crippen LogP contribution in [0.4, 0.5) is 5.69 Å². The molecule has 1 amide bonds. The van der Waals surface area contributed by atoms with Crippen molar-refractivity contribution in [2.24, 2.45) is 0 Å². The van der Waals surface area contributed by atoms with Crippen LogP contribution in [0.1, 0.15) is 30.4 Å². The van der Waals surface area contributed by atoms with E-state index in [0.717, 1.165) is 17.0 Å². The van der Waals surface area contributed by atoms with E-state index in [2.05, 4.69) is 17.0 Å². The van der Waals surface area contributed by atoms with Crippen molar-refractivity contribution in [3.8, 4) is 5.75 Å². The lowest BCUT2D eigenvalue weighted by atomic mass is 9.71. The molecule has 2 aliphatic rings. The molecule has 1 N–H and O–H groups in total. The lowest BCUT2D eigenvalue weighted by molar-refractivity contribution is -0.119. The predicted octanol–water partition coefficient (Wildman–Crippen LogP) is 2.78. The van der Waals surface area contributed by atoms with E-state index >= 15 is 0 Å². The van der Waals surface area contributed by atoms with Gasteiger partial charge in [0, 0.05) is 48.8 Å². The van der Waals surface area contributed by atoms with Gasteiger partial charge in [-0.25, -0.2) is 0 Å². The van der Waals surface area contributed by atoms with Gasteiger partial charge in [0.1, 0.15) is 5.75 Å². The zero-order valence-electron chi connectivity index (χ0n) is 15.8. The van der Waals surface area contributed by atoms with Crippen LogP contribution in [-0.2, 0) is 11.3 Å². The van der Waals surface area contributed by atoms with E-state index in [9.17, 15) is 9.90 Å².